The normalized spacial score (nSPS) is 14.0. The number of esters is 2. The third-order valence-corrected chi connectivity index (χ3v) is 5.43. The van der Waals surface area contributed by atoms with E-state index in [2.05, 4.69) is 15.9 Å². The minimum absolute atomic E-state index is 0.154. The highest BCUT2D eigenvalue weighted by molar-refractivity contribution is 9.09. The molecule has 0 heterocycles. The van der Waals surface area contributed by atoms with Crippen LogP contribution in [0.3, 0.4) is 0 Å². The Morgan fingerprint density at radius 3 is 2.03 bits per heavy atom. The van der Waals surface area contributed by atoms with E-state index in [4.69, 9.17) is 18.9 Å². The van der Waals surface area contributed by atoms with E-state index in [-0.39, 0.29) is 23.5 Å². The molecule has 0 aliphatic heterocycles. The van der Waals surface area contributed by atoms with Crippen LogP contribution in [0.15, 0.2) is 72.8 Å². The van der Waals surface area contributed by atoms with Gasteiger partial charge in [0, 0.05) is 19.4 Å². The van der Waals surface area contributed by atoms with Gasteiger partial charge in [0.05, 0.1) is 37.4 Å². The van der Waals surface area contributed by atoms with Gasteiger partial charge in [-0.05, 0) is 17.2 Å². The number of halogens is 1. The molecule has 0 saturated carbocycles. The minimum atomic E-state index is -0.463. The van der Waals surface area contributed by atoms with Crippen LogP contribution in [0.1, 0.15) is 24.5 Å². The van der Waals surface area contributed by atoms with Gasteiger partial charge in [0.2, 0.25) is 0 Å². The molecule has 0 fully saturated rings. The Balaban J connectivity index is 2.11. The van der Waals surface area contributed by atoms with Gasteiger partial charge in [0.25, 0.3) is 0 Å². The summed E-state index contributed by atoms with van der Waals surface area (Å²) >= 11 is 3.59. The molecule has 0 aliphatic carbocycles. The first-order valence-electron chi connectivity index (χ1n) is 10.3. The van der Waals surface area contributed by atoms with Gasteiger partial charge in [-0.2, -0.15) is 0 Å². The molecule has 0 aliphatic rings. The first-order chi connectivity index (χ1) is 15.5. The lowest BCUT2D eigenvalue weighted by atomic mass is 10.1. The molecule has 0 radical (unpaired) electrons. The van der Waals surface area contributed by atoms with E-state index in [1.54, 1.807) is 6.08 Å². The van der Waals surface area contributed by atoms with Crippen molar-refractivity contribution in [3.63, 3.8) is 0 Å². The average Bonchev–Trinajstić information content (AvgIpc) is 2.82. The van der Waals surface area contributed by atoms with Gasteiger partial charge in [-0.15, -0.1) is 0 Å². The monoisotopic (exact) mass is 504 g/mol. The number of benzene rings is 2. The molecule has 0 unspecified atom stereocenters. The molecule has 6 nitrogen and oxygen atoms in total. The van der Waals surface area contributed by atoms with Crippen LogP contribution in [0.4, 0.5) is 0 Å². The Hall–Kier alpha value is -2.48. The molecule has 0 spiro atoms. The Bertz CT molecular complexity index is 840. The molecule has 0 aromatic heterocycles. The Morgan fingerprint density at radius 2 is 1.50 bits per heavy atom. The van der Waals surface area contributed by atoms with Gasteiger partial charge < -0.3 is 18.9 Å². The minimum Gasteiger partial charge on any atom is -0.466 e. The molecule has 3 atom stereocenters. The SMILES string of the molecule is COC(=O)/C=C/[C@@H](C[C@H](OCc1ccccc1)[C@H](Br)COC(C)=O)OCc1ccccc1. The second kappa shape index (κ2) is 14.6. The van der Waals surface area contributed by atoms with Gasteiger partial charge in [0.15, 0.2) is 0 Å². The van der Waals surface area contributed by atoms with Crippen LogP contribution in [0.2, 0.25) is 0 Å². The Kier molecular flexibility index (Phi) is 11.7. The van der Waals surface area contributed by atoms with Crippen LogP contribution in [-0.4, -0.2) is 42.7 Å². The van der Waals surface area contributed by atoms with Gasteiger partial charge in [-0.1, -0.05) is 76.6 Å². The highest BCUT2D eigenvalue weighted by atomic mass is 79.9. The van der Waals surface area contributed by atoms with Crippen molar-refractivity contribution in [3.05, 3.63) is 83.9 Å². The number of methoxy groups -OCH3 is 1. The second-order valence-corrected chi connectivity index (χ2v) is 8.28. The van der Waals surface area contributed by atoms with Gasteiger partial charge in [-0.25, -0.2) is 4.79 Å². The number of ether oxygens (including phenoxy) is 4. The largest absolute Gasteiger partial charge is 0.466 e. The summed E-state index contributed by atoms with van der Waals surface area (Å²) in [5.41, 5.74) is 2.04. The molecule has 2 aromatic carbocycles. The zero-order valence-electron chi connectivity index (χ0n) is 18.3. The fourth-order valence-corrected chi connectivity index (χ4v) is 3.37. The molecule has 0 amide bonds. The molecule has 2 aromatic rings. The van der Waals surface area contributed by atoms with Crippen LogP contribution in [-0.2, 0) is 41.8 Å². The molecule has 7 heteroatoms. The summed E-state index contributed by atoms with van der Waals surface area (Å²) in [5, 5.41) is 0. The predicted octanol–water partition coefficient (Wildman–Crippen LogP) is 4.60. The second-order valence-electron chi connectivity index (χ2n) is 7.11. The lowest BCUT2D eigenvalue weighted by Gasteiger charge is -2.26. The maximum absolute atomic E-state index is 11.6. The first kappa shape index (κ1) is 25.8. The number of carbonyl (C=O) groups excluding carboxylic acids is 2. The molecule has 2 rings (SSSR count). The highest BCUT2D eigenvalue weighted by Gasteiger charge is 2.25. The van der Waals surface area contributed by atoms with Crippen LogP contribution in [0.5, 0.6) is 0 Å². The standard InChI is InChI=1S/C25H29BrO6/c1-19(27)30-18-23(26)24(32-17-21-11-7-4-8-12-21)15-22(13-14-25(28)29-2)31-16-20-9-5-3-6-10-20/h3-14,22-24H,15-18H2,1-2H3/b14-13+/t22-,23+,24-/m0/s1. The predicted molar refractivity (Wildman–Crippen MR) is 125 cm³/mol. The van der Waals surface area contributed by atoms with Crippen LogP contribution in [0.25, 0.3) is 0 Å². The lowest BCUT2D eigenvalue weighted by Crippen LogP contribution is -2.33. The van der Waals surface area contributed by atoms with E-state index in [1.807, 2.05) is 60.7 Å². The quantitative estimate of drug-likeness (QED) is 0.225. The third kappa shape index (κ3) is 10.2. The average molecular weight is 505 g/mol. The van der Waals surface area contributed by atoms with E-state index in [1.165, 1.54) is 20.1 Å². The number of carbonyl (C=O) groups is 2. The van der Waals surface area contributed by atoms with Crippen molar-refractivity contribution in [1.82, 2.24) is 0 Å². The van der Waals surface area contributed by atoms with E-state index in [9.17, 15) is 9.59 Å². The van der Waals surface area contributed by atoms with Crippen LogP contribution in [0, 0.1) is 0 Å². The summed E-state index contributed by atoms with van der Waals surface area (Å²) in [6.07, 6.45) is 2.67. The third-order valence-electron chi connectivity index (χ3n) is 4.58. The van der Waals surface area contributed by atoms with E-state index >= 15 is 0 Å². The molecule has 0 saturated heterocycles. The van der Waals surface area contributed by atoms with Crippen molar-refractivity contribution in [2.75, 3.05) is 13.7 Å². The summed E-state index contributed by atoms with van der Waals surface area (Å²) in [5.74, 6) is -0.825. The van der Waals surface area contributed by atoms with Crippen LogP contribution >= 0.6 is 15.9 Å². The summed E-state index contributed by atoms with van der Waals surface area (Å²) in [6, 6.07) is 19.6. The number of hydrogen-bond donors (Lipinski definition) is 0. The molecule has 172 valence electrons. The van der Waals surface area contributed by atoms with E-state index in [0.29, 0.717) is 19.6 Å². The lowest BCUT2D eigenvalue weighted by molar-refractivity contribution is -0.141. The van der Waals surface area contributed by atoms with Crippen LogP contribution < -0.4 is 0 Å². The molecule has 0 N–H and O–H groups in total. The summed E-state index contributed by atoms with van der Waals surface area (Å²) in [7, 11) is 1.33. The number of alkyl halides is 1. The zero-order chi connectivity index (χ0) is 23.2. The smallest absolute Gasteiger partial charge is 0.330 e. The van der Waals surface area contributed by atoms with Crippen molar-refractivity contribution in [2.45, 2.75) is 43.6 Å². The van der Waals surface area contributed by atoms with Crippen molar-refractivity contribution >= 4 is 27.9 Å². The maximum Gasteiger partial charge on any atom is 0.330 e. The van der Waals surface area contributed by atoms with Gasteiger partial charge in [-0.3, -0.25) is 4.79 Å². The Labute approximate surface area is 197 Å². The van der Waals surface area contributed by atoms with Gasteiger partial charge >= 0.3 is 11.9 Å². The first-order valence-corrected chi connectivity index (χ1v) is 11.2. The summed E-state index contributed by atoms with van der Waals surface area (Å²) < 4.78 is 22.1. The number of hydrogen-bond acceptors (Lipinski definition) is 6. The maximum atomic E-state index is 11.6. The summed E-state index contributed by atoms with van der Waals surface area (Å²) in [6.45, 7) is 2.28. The number of rotatable bonds is 13. The molecular formula is C25H29BrO6. The van der Waals surface area contributed by atoms with Gasteiger partial charge in [0.1, 0.15) is 6.61 Å². The zero-order valence-corrected chi connectivity index (χ0v) is 19.9. The topological polar surface area (TPSA) is 71.1 Å². The highest BCUT2D eigenvalue weighted by Crippen LogP contribution is 2.21. The summed E-state index contributed by atoms with van der Waals surface area (Å²) in [4.78, 5) is 22.6. The molecule has 0 bridgehead atoms. The van der Waals surface area contributed by atoms with E-state index < -0.39 is 12.1 Å². The van der Waals surface area contributed by atoms with Crippen molar-refractivity contribution in [1.29, 1.82) is 0 Å². The Morgan fingerprint density at radius 1 is 0.938 bits per heavy atom. The fraction of sp³-hybridized carbons (Fsp3) is 0.360. The fourth-order valence-electron chi connectivity index (χ4n) is 2.86. The molecular weight excluding hydrogens is 476 g/mol. The van der Waals surface area contributed by atoms with Crippen molar-refractivity contribution in [2.24, 2.45) is 0 Å². The van der Waals surface area contributed by atoms with Crippen molar-refractivity contribution in [3.8, 4) is 0 Å². The van der Waals surface area contributed by atoms with E-state index in [0.717, 1.165) is 11.1 Å². The molecule has 32 heavy (non-hydrogen) atoms. The van der Waals surface area contributed by atoms with Crippen molar-refractivity contribution < 1.29 is 28.5 Å².